The Kier molecular flexibility index (Phi) is 6.81. The van der Waals surface area contributed by atoms with E-state index in [0.29, 0.717) is 0 Å². The number of thioether (sulfide) groups is 1. The number of β-lactam (4-membered cyclic amide) rings is 1. The highest BCUT2D eigenvalue weighted by Gasteiger charge is 2.51. The molecule has 3 rings (SSSR count). The topological polar surface area (TPSA) is 113 Å². The number of alkyl halides is 1. The standard InChI is InChI=1S/C17H20ClN5O4S2/c1-4-9-6-28-16-13(15(26)23(16)8(9)2)21-14(25)12(22-27-3)10-7-29-17(19-10)20-11(24)5-18/h7,13,16H,4-6H2,1-3H3,(H,21,25)(H,19,20,24)/b22-12+. The number of hydrogen-bond acceptors (Lipinski definition) is 8. The summed E-state index contributed by atoms with van der Waals surface area (Å²) in [5.41, 5.74) is 2.35. The Morgan fingerprint density at radius 2 is 2.24 bits per heavy atom. The number of fused-ring (bicyclic) bond motifs is 1. The van der Waals surface area contributed by atoms with Gasteiger partial charge in [0.2, 0.25) is 5.91 Å². The number of rotatable bonds is 7. The lowest BCUT2D eigenvalue weighted by Gasteiger charge is -2.50. The molecule has 29 heavy (non-hydrogen) atoms. The third-order valence-corrected chi connectivity index (χ3v) is 6.91. The predicted molar refractivity (Wildman–Crippen MR) is 113 cm³/mol. The molecule has 2 aliphatic heterocycles. The summed E-state index contributed by atoms with van der Waals surface area (Å²) in [6.45, 7) is 4.00. The molecule has 3 amide bonds. The Morgan fingerprint density at radius 1 is 1.48 bits per heavy atom. The second kappa shape index (κ2) is 9.14. The van der Waals surface area contributed by atoms with Crippen molar-refractivity contribution in [2.24, 2.45) is 5.16 Å². The van der Waals surface area contributed by atoms with E-state index in [9.17, 15) is 14.4 Å². The number of carbonyl (C=O) groups is 3. The number of anilines is 1. The minimum absolute atomic E-state index is 0.0799. The van der Waals surface area contributed by atoms with E-state index in [1.807, 2.05) is 6.92 Å². The molecule has 2 aliphatic rings. The minimum Gasteiger partial charge on any atom is -0.398 e. The summed E-state index contributed by atoms with van der Waals surface area (Å²) < 4.78 is 0. The molecule has 0 bridgehead atoms. The van der Waals surface area contributed by atoms with Crippen molar-refractivity contribution in [1.82, 2.24) is 15.2 Å². The van der Waals surface area contributed by atoms with Crippen LogP contribution in [0.4, 0.5) is 5.13 Å². The molecule has 0 aliphatic carbocycles. The second-order valence-electron chi connectivity index (χ2n) is 6.25. The molecule has 3 heterocycles. The van der Waals surface area contributed by atoms with Gasteiger partial charge in [0.05, 0.1) is 0 Å². The van der Waals surface area contributed by atoms with Crippen molar-refractivity contribution in [1.29, 1.82) is 0 Å². The highest BCUT2D eigenvalue weighted by atomic mass is 35.5. The summed E-state index contributed by atoms with van der Waals surface area (Å²) in [7, 11) is 1.31. The molecule has 2 atom stereocenters. The zero-order chi connectivity index (χ0) is 21.1. The lowest BCUT2D eigenvalue weighted by Crippen LogP contribution is -2.70. The Labute approximate surface area is 180 Å². The highest BCUT2D eigenvalue weighted by molar-refractivity contribution is 8.00. The normalized spacial score (nSPS) is 21.4. The molecule has 1 fully saturated rings. The molecule has 1 aromatic rings. The number of carbonyl (C=O) groups excluding carboxylic acids is 3. The van der Waals surface area contributed by atoms with E-state index < -0.39 is 17.9 Å². The van der Waals surface area contributed by atoms with Gasteiger partial charge in [-0.15, -0.1) is 34.7 Å². The van der Waals surface area contributed by atoms with Crippen molar-refractivity contribution in [2.45, 2.75) is 31.7 Å². The van der Waals surface area contributed by atoms with Crippen LogP contribution < -0.4 is 10.6 Å². The van der Waals surface area contributed by atoms with E-state index in [-0.39, 0.29) is 33.7 Å². The van der Waals surface area contributed by atoms with Gasteiger partial charge in [0.15, 0.2) is 10.8 Å². The van der Waals surface area contributed by atoms with Crippen LogP contribution in [-0.2, 0) is 19.2 Å². The van der Waals surface area contributed by atoms with E-state index in [1.165, 1.54) is 12.7 Å². The third kappa shape index (κ3) is 4.26. The summed E-state index contributed by atoms with van der Waals surface area (Å²) in [6, 6.07) is -0.642. The van der Waals surface area contributed by atoms with Gasteiger partial charge in [-0.3, -0.25) is 19.3 Å². The van der Waals surface area contributed by atoms with Crippen molar-refractivity contribution < 1.29 is 19.2 Å². The van der Waals surface area contributed by atoms with Crippen LogP contribution in [0.1, 0.15) is 26.0 Å². The maximum Gasteiger partial charge on any atom is 0.276 e. The van der Waals surface area contributed by atoms with Crippen molar-refractivity contribution in [3.8, 4) is 0 Å². The molecule has 156 valence electrons. The predicted octanol–water partition coefficient (Wildman–Crippen LogP) is 1.75. The van der Waals surface area contributed by atoms with E-state index in [4.69, 9.17) is 16.4 Å². The average molecular weight is 458 g/mol. The number of allylic oxidation sites excluding steroid dienone is 1. The first-order chi connectivity index (χ1) is 13.9. The summed E-state index contributed by atoms with van der Waals surface area (Å²) in [4.78, 5) is 47.5. The van der Waals surface area contributed by atoms with Gasteiger partial charge in [0, 0.05) is 16.8 Å². The first kappa shape index (κ1) is 21.6. The van der Waals surface area contributed by atoms with Crippen LogP contribution >= 0.6 is 34.7 Å². The molecule has 0 radical (unpaired) electrons. The molecule has 1 saturated heterocycles. The van der Waals surface area contributed by atoms with Gasteiger partial charge in [0.1, 0.15) is 30.1 Å². The van der Waals surface area contributed by atoms with Crippen molar-refractivity contribution in [3.05, 3.63) is 22.3 Å². The highest BCUT2D eigenvalue weighted by Crippen LogP contribution is 2.40. The smallest absolute Gasteiger partial charge is 0.276 e. The third-order valence-electron chi connectivity index (χ3n) is 4.57. The van der Waals surface area contributed by atoms with Gasteiger partial charge < -0.3 is 15.5 Å². The number of hydrogen-bond donors (Lipinski definition) is 2. The van der Waals surface area contributed by atoms with Crippen LogP contribution in [0.25, 0.3) is 0 Å². The molecule has 12 heteroatoms. The second-order valence-corrected chi connectivity index (χ2v) is 8.48. The lowest BCUT2D eigenvalue weighted by molar-refractivity contribution is -0.145. The largest absolute Gasteiger partial charge is 0.398 e. The number of oxime groups is 1. The summed E-state index contributed by atoms with van der Waals surface area (Å²) in [5.74, 6) is -0.510. The van der Waals surface area contributed by atoms with Crippen LogP contribution in [0.3, 0.4) is 0 Å². The maximum atomic E-state index is 12.8. The first-order valence-corrected chi connectivity index (χ1v) is 11.2. The van der Waals surface area contributed by atoms with E-state index in [1.54, 1.807) is 22.0 Å². The Balaban J connectivity index is 1.72. The van der Waals surface area contributed by atoms with E-state index in [0.717, 1.165) is 29.2 Å². The fourth-order valence-corrected chi connectivity index (χ4v) is 5.39. The van der Waals surface area contributed by atoms with Crippen LogP contribution in [0.2, 0.25) is 0 Å². The zero-order valence-electron chi connectivity index (χ0n) is 16.0. The summed E-state index contributed by atoms with van der Waals surface area (Å²) >= 11 is 8.21. The van der Waals surface area contributed by atoms with Gasteiger partial charge >= 0.3 is 0 Å². The van der Waals surface area contributed by atoms with Gasteiger partial charge in [-0.2, -0.15) is 0 Å². The summed E-state index contributed by atoms with van der Waals surface area (Å²) in [6.07, 6.45) is 0.892. The molecular weight excluding hydrogens is 438 g/mol. The van der Waals surface area contributed by atoms with Crippen molar-refractivity contribution >= 4 is 63.3 Å². The monoisotopic (exact) mass is 457 g/mol. The average Bonchev–Trinajstić information content (AvgIpc) is 3.17. The minimum atomic E-state index is -0.642. The molecule has 2 N–H and O–H groups in total. The fraction of sp³-hybridized carbons (Fsp3) is 0.471. The summed E-state index contributed by atoms with van der Waals surface area (Å²) in [5, 5.41) is 10.7. The quantitative estimate of drug-likeness (QED) is 0.279. The first-order valence-electron chi connectivity index (χ1n) is 8.78. The molecular formula is C17H20ClN5O4S2. The molecule has 1 aromatic heterocycles. The van der Waals surface area contributed by atoms with Crippen LogP contribution in [0.15, 0.2) is 21.8 Å². The Bertz CT molecular complexity index is 900. The van der Waals surface area contributed by atoms with Gasteiger partial charge in [-0.1, -0.05) is 12.1 Å². The molecule has 0 aromatic carbocycles. The molecule has 9 nitrogen and oxygen atoms in total. The van der Waals surface area contributed by atoms with Crippen LogP contribution in [0, 0.1) is 0 Å². The number of nitrogens with one attached hydrogen (secondary N) is 2. The zero-order valence-corrected chi connectivity index (χ0v) is 18.4. The SMILES string of the molecule is CCC1=C(C)N2C(=O)C(NC(=O)/C(=N/OC)c3csc(NC(=O)CCl)n3)C2SC1. The Morgan fingerprint density at radius 3 is 2.90 bits per heavy atom. The van der Waals surface area contributed by atoms with Crippen molar-refractivity contribution in [3.63, 3.8) is 0 Å². The van der Waals surface area contributed by atoms with Crippen LogP contribution in [-0.4, -0.2) is 63.5 Å². The van der Waals surface area contributed by atoms with Gasteiger partial charge in [-0.05, 0) is 18.9 Å². The number of thiazole rings is 1. The molecule has 0 saturated carbocycles. The Hall–Kier alpha value is -2.11. The number of amides is 3. The van der Waals surface area contributed by atoms with Gasteiger partial charge in [0.25, 0.3) is 11.8 Å². The molecule has 2 unspecified atom stereocenters. The van der Waals surface area contributed by atoms with Crippen molar-refractivity contribution in [2.75, 3.05) is 24.1 Å². The van der Waals surface area contributed by atoms with E-state index >= 15 is 0 Å². The van der Waals surface area contributed by atoms with Gasteiger partial charge in [-0.25, -0.2) is 4.98 Å². The van der Waals surface area contributed by atoms with E-state index in [2.05, 4.69) is 27.7 Å². The number of aromatic nitrogens is 1. The lowest BCUT2D eigenvalue weighted by atomic mass is 10.0. The van der Waals surface area contributed by atoms with Crippen LogP contribution in [0.5, 0.6) is 0 Å². The number of nitrogens with zero attached hydrogens (tertiary/aromatic N) is 3. The molecule has 0 spiro atoms. The number of halogens is 1. The maximum absolute atomic E-state index is 12.8. The fourth-order valence-electron chi connectivity index (χ4n) is 3.04.